The normalized spacial score (nSPS) is 15.7. The molecule has 4 nitrogen and oxygen atoms in total. The Balaban J connectivity index is 1.79. The second kappa shape index (κ2) is 5.78. The van der Waals surface area contributed by atoms with E-state index in [2.05, 4.69) is 4.98 Å². The summed E-state index contributed by atoms with van der Waals surface area (Å²) >= 11 is 11.9. The Morgan fingerprint density at radius 3 is 2.76 bits per heavy atom. The van der Waals surface area contributed by atoms with Gasteiger partial charge in [0.2, 0.25) is 0 Å². The maximum absolute atomic E-state index is 11.9. The zero-order valence-electron chi connectivity index (χ0n) is 11.4. The van der Waals surface area contributed by atoms with Crippen molar-refractivity contribution in [2.24, 2.45) is 0 Å². The molecule has 1 saturated carbocycles. The molecular formula is C14H16Cl2N2O2S. The molecule has 7 heteroatoms. The van der Waals surface area contributed by atoms with Gasteiger partial charge in [-0.2, -0.15) is 0 Å². The Morgan fingerprint density at radius 2 is 2.10 bits per heavy atom. The lowest BCUT2D eigenvalue weighted by atomic mass is 10.3. The van der Waals surface area contributed by atoms with Crippen LogP contribution in [0.2, 0.25) is 5.15 Å². The summed E-state index contributed by atoms with van der Waals surface area (Å²) in [5, 5.41) is 1.33. The molecule has 21 heavy (non-hydrogen) atoms. The maximum atomic E-state index is 11.9. The molecule has 2 heterocycles. The summed E-state index contributed by atoms with van der Waals surface area (Å²) in [6.07, 6.45) is 3.95. The molecule has 2 aromatic heterocycles. The minimum Gasteiger partial charge on any atom is -0.342 e. The van der Waals surface area contributed by atoms with Gasteiger partial charge in [-0.15, -0.1) is 11.6 Å². The van der Waals surface area contributed by atoms with E-state index in [-0.39, 0.29) is 11.0 Å². The smallest absolute Gasteiger partial charge is 0.153 e. The molecule has 0 amide bonds. The van der Waals surface area contributed by atoms with Crippen molar-refractivity contribution in [3.05, 3.63) is 29.2 Å². The predicted molar refractivity (Wildman–Crippen MR) is 85.7 cm³/mol. The third kappa shape index (κ3) is 3.20. The average Bonchev–Trinajstić information content (AvgIpc) is 3.23. The van der Waals surface area contributed by atoms with E-state index in [1.807, 2.05) is 10.6 Å². The first-order chi connectivity index (χ1) is 10.0. The van der Waals surface area contributed by atoms with Crippen LogP contribution < -0.4 is 0 Å². The van der Waals surface area contributed by atoms with Gasteiger partial charge in [0.05, 0.1) is 28.6 Å². The zero-order chi connectivity index (χ0) is 15.0. The van der Waals surface area contributed by atoms with Crippen molar-refractivity contribution in [3.8, 4) is 0 Å². The summed E-state index contributed by atoms with van der Waals surface area (Å²) in [4.78, 5) is 4.09. The second-order valence-electron chi connectivity index (χ2n) is 5.41. The minimum atomic E-state index is -2.90. The standard InChI is InChI=1S/C14H16Cl2N2O2S/c15-8-11-6-10-7-14(16)17-9-13(10)18(11)4-1-5-21(19,20)12-2-3-12/h6-7,9,12H,1-5,8H2. The molecule has 0 atom stereocenters. The summed E-state index contributed by atoms with van der Waals surface area (Å²) < 4.78 is 25.9. The molecule has 1 aliphatic rings. The molecule has 1 aliphatic carbocycles. The molecule has 114 valence electrons. The van der Waals surface area contributed by atoms with Crippen LogP contribution in [0.25, 0.3) is 10.9 Å². The molecule has 0 aromatic carbocycles. The van der Waals surface area contributed by atoms with E-state index in [9.17, 15) is 8.42 Å². The van der Waals surface area contributed by atoms with Crippen LogP contribution in [0.15, 0.2) is 18.3 Å². The third-order valence-electron chi connectivity index (χ3n) is 3.82. The van der Waals surface area contributed by atoms with Crippen molar-refractivity contribution in [1.29, 1.82) is 0 Å². The summed E-state index contributed by atoms with van der Waals surface area (Å²) in [5.74, 6) is 0.613. The van der Waals surface area contributed by atoms with Gasteiger partial charge in [-0.05, 0) is 31.4 Å². The molecule has 0 bridgehead atoms. The Morgan fingerprint density at radius 1 is 1.33 bits per heavy atom. The fourth-order valence-electron chi connectivity index (χ4n) is 2.58. The van der Waals surface area contributed by atoms with Crippen LogP contribution in [-0.2, 0) is 22.3 Å². The van der Waals surface area contributed by atoms with E-state index in [1.165, 1.54) is 0 Å². The van der Waals surface area contributed by atoms with Crippen LogP contribution in [0.1, 0.15) is 25.0 Å². The van der Waals surface area contributed by atoms with Crippen LogP contribution in [0.4, 0.5) is 0 Å². The van der Waals surface area contributed by atoms with Crippen molar-refractivity contribution >= 4 is 43.9 Å². The van der Waals surface area contributed by atoms with Crippen molar-refractivity contribution in [1.82, 2.24) is 9.55 Å². The monoisotopic (exact) mass is 346 g/mol. The summed E-state index contributed by atoms with van der Waals surface area (Å²) in [6, 6.07) is 3.77. The van der Waals surface area contributed by atoms with E-state index in [1.54, 1.807) is 12.3 Å². The SMILES string of the molecule is O=S(=O)(CCCn1c(CCl)cc2cc(Cl)ncc21)C1CC1. The van der Waals surface area contributed by atoms with Crippen LogP contribution >= 0.6 is 23.2 Å². The lowest BCUT2D eigenvalue weighted by Crippen LogP contribution is -2.14. The van der Waals surface area contributed by atoms with Crippen molar-refractivity contribution in [3.63, 3.8) is 0 Å². The van der Waals surface area contributed by atoms with E-state index >= 15 is 0 Å². The number of hydrogen-bond acceptors (Lipinski definition) is 3. The number of aromatic nitrogens is 2. The summed E-state index contributed by atoms with van der Waals surface area (Å²) in [6.45, 7) is 0.626. The highest BCUT2D eigenvalue weighted by atomic mass is 35.5. The topological polar surface area (TPSA) is 52.0 Å². The molecule has 2 aromatic rings. The quantitative estimate of drug-likeness (QED) is 0.594. The Bertz CT molecular complexity index is 767. The molecular weight excluding hydrogens is 331 g/mol. The highest BCUT2D eigenvalue weighted by Gasteiger charge is 2.34. The highest BCUT2D eigenvalue weighted by Crippen LogP contribution is 2.29. The molecule has 0 radical (unpaired) electrons. The Labute approximate surface area is 134 Å². The molecule has 0 N–H and O–H groups in total. The molecule has 1 fully saturated rings. The highest BCUT2D eigenvalue weighted by molar-refractivity contribution is 7.92. The van der Waals surface area contributed by atoms with Gasteiger partial charge in [-0.25, -0.2) is 13.4 Å². The Hall–Kier alpha value is -0.780. The first-order valence-corrected chi connectivity index (χ1v) is 9.55. The largest absolute Gasteiger partial charge is 0.342 e. The molecule has 0 saturated heterocycles. The lowest BCUT2D eigenvalue weighted by Gasteiger charge is -2.09. The number of pyridine rings is 1. The van der Waals surface area contributed by atoms with Crippen LogP contribution in [0.5, 0.6) is 0 Å². The van der Waals surface area contributed by atoms with Gasteiger partial charge >= 0.3 is 0 Å². The molecule has 3 rings (SSSR count). The second-order valence-corrected chi connectivity index (χ2v) is 8.46. The van der Waals surface area contributed by atoms with Crippen molar-refractivity contribution in [2.45, 2.75) is 36.9 Å². The molecule has 0 spiro atoms. The number of sulfone groups is 1. The Kier molecular flexibility index (Phi) is 4.17. The maximum Gasteiger partial charge on any atom is 0.153 e. The first-order valence-electron chi connectivity index (χ1n) is 6.92. The summed E-state index contributed by atoms with van der Waals surface area (Å²) in [7, 11) is -2.90. The fraction of sp³-hybridized carbons (Fsp3) is 0.500. The average molecular weight is 347 g/mol. The lowest BCUT2D eigenvalue weighted by molar-refractivity contribution is 0.585. The van der Waals surface area contributed by atoms with Crippen molar-refractivity contribution < 1.29 is 8.42 Å². The summed E-state index contributed by atoms with van der Waals surface area (Å²) in [5.41, 5.74) is 1.90. The zero-order valence-corrected chi connectivity index (χ0v) is 13.8. The third-order valence-corrected chi connectivity index (χ3v) is 6.65. The van der Waals surface area contributed by atoms with Gasteiger partial charge in [0.15, 0.2) is 9.84 Å². The van der Waals surface area contributed by atoms with E-state index < -0.39 is 9.84 Å². The predicted octanol–water partition coefficient (Wildman–Crippen LogP) is 3.40. The van der Waals surface area contributed by atoms with Gasteiger partial charge < -0.3 is 4.57 Å². The minimum absolute atomic E-state index is 0.0909. The van der Waals surface area contributed by atoms with E-state index in [0.29, 0.717) is 24.0 Å². The van der Waals surface area contributed by atoms with Crippen LogP contribution in [0.3, 0.4) is 0 Å². The number of alkyl halides is 1. The molecule has 0 unspecified atom stereocenters. The van der Waals surface area contributed by atoms with Gasteiger partial charge in [-0.3, -0.25) is 0 Å². The number of aryl methyl sites for hydroxylation is 1. The molecule has 0 aliphatic heterocycles. The number of nitrogens with zero attached hydrogens (tertiary/aromatic N) is 2. The first kappa shape index (κ1) is 15.1. The van der Waals surface area contributed by atoms with E-state index in [0.717, 1.165) is 29.4 Å². The number of hydrogen-bond donors (Lipinski definition) is 0. The van der Waals surface area contributed by atoms with E-state index in [4.69, 9.17) is 23.2 Å². The van der Waals surface area contributed by atoms with Gasteiger partial charge in [0.1, 0.15) is 5.15 Å². The fourth-order valence-corrected chi connectivity index (χ4v) is 4.69. The van der Waals surface area contributed by atoms with Gasteiger partial charge in [0.25, 0.3) is 0 Å². The van der Waals surface area contributed by atoms with Gasteiger partial charge in [0, 0.05) is 17.6 Å². The van der Waals surface area contributed by atoms with Crippen LogP contribution in [0, 0.1) is 0 Å². The van der Waals surface area contributed by atoms with Crippen molar-refractivity contribution in [2.75, 3.05) is 5.75 Å². The number of halogens is 2. The number of fused-ring (bicyclic) bond motifs is 1. The van der Waals surface area contributed by atoms with Gasteiger partial charge in [-0.1, -0.05) is 11.6 Å². The van der Waals surface area contributed by atoms with Crippen LogP contribution in [-0.4, -0.2) is 29.0 Å². The number of rotatable bonds is 6.